The number of Topliss-reactive ketones (excluding diaryl/α,β-unsaturated/α-hetero) is 1. The van der Waals surface area contributed by atoms with E-state index < -0.39 is 0 Å². The number of allylic oxidation sites excluding steroid dienone is 1. The molecule has 0 radical (unpaired) electrons. The number of carbonyl (C=O) groups is 2. The van der Waals surface area contributed by atoms with Gasteiger partial charge in [-0.1, -0.05) is 29.8 Å². The third kappa shape index (κ3) is 3.07. The fourth-order valence-corrected chi connectivity index (χ4v) is 2.87. The first-order valence-electron chi connectivity index (χ1n) is 8.38. The lowest BCUT2D eigenvalue weighted by atomic mass is 10.0. The van der Waals surface area contributed by atoms with Crippen LogP contribution >= 0.6 is 0 Å². The fourth-order valence-electron chi connectivity index (χ4n) is 2.87. The second-order valence-corrected chi connectivity index (χ2v) is 6.66. The fraction of sp³-hybridized carbons (Fsp3) is 0.238. The van der Waals surface area contributed by atoms with Gasteiger partial charge in [0, 0.05) is 6.07 Å². The summed E-state index contributed by atoms with van der Waals surface area (Å²) in [6, 6.07) is 11.2. The lowest BCUT2D eigenvalue weighted by Crippen LogP contribution is -2.10. The largest absolute Gasteiger partial charge is 0.452 e. The van der Waals surface area contributed by atoms with Crippen LogP contribution < -0.4 is 9.47 Å². The van der Waals surface area contributed by atoms with Crippen molar-refractivity contribution in [3.05, 3.63) is 64.4 Å². The van der Waals surface area contributed by atoms with Crippen molar-refractivity contribution in [2.75, 3.05) is 0 Å². The summed E-state index contributed by atoms with van der Waals surface area (Å²) in [4.78, 5) is 24.5. The van der Waals surface area contributed by atoms with Crippen molar-refractivity contribution in [1.82, 2.24) is 0 Å². The van der Waals surface area contributed by atoms with Crippen molar-refractivity contribution in [3.63, 3.8) is 0 Å². The molecule has 1 saturated carbocycles. The van der Waals surface area contributed by atoms with E-state index in [-0.39, 0.29) is 23.4 Å². The van der Waals surface area contributed by atoms with Gasteiger partial charge in [0.1, 0.15) is 11.5 Å². The maximum Gasteiger partial charge on any atom is 0.314 e. The van der Waals surface area contributed by atoms with E-state index in [1.54, 1.807) is 18.2 Å². The molecule has 2 aliphatic rings. The highest BCUT2D eigenvalue weighted by molar-refractivity contribution is 6.15. The van der Waals surface area contributed by atoms with E-state index in [9.17, 15) is 9.59 Å². The van der Waals surface area contributed by atoms with Crippen LogP contribution in [-0.2, 0) is 4.79 Å². The Balaban J connectivity index is 1.62. The van der Waals surface area contributed by atoms with Crippen LogP contribution in [0, 0.1) is 19.8 Å². The number of carbonyl (C=O) groups excluding carboxylic acids is 2. The molecule has 2 aromatic carbocycles. The van der Waals surface area contributed by atoms with Gasteiger partial charge in [-0.05, 0) is 50.0 Å². The van der Waals surface area contributed by atoms with Crippen LogP contribution in [-0.4, -0.2) is 11.8 Å². The number of hydrogen-bond acceptors (Lipinski definition) is 4. The van der Waals surface area contributed by atoms with Gasteiger partial charge >= 0.3 is 5.97 Å². The second kappa shape index (κ2) is 5.88. The van der Waals surface area contributed by atoms with Gasteiger partial charge in [-0.2, -0.15) is 0 Å². The van der Waals surface area contributed by atoms with E-state index in [0.717, 1.165) is 29.5 Å². The molecule has 1 aliphatic carbocycles. The van der Waals surface area contributed by atoms with Crippen molar-refractivity contribution in [3.8, 4) is 11.5 Å². The Morgan fingerprint density at radius 2 is 1.88 bits per heavy atom. The summed E-state index contributed by atoms with van der Waals surface area (Å²) in [7, 11) is 0. The molecular weight excluding hydrogens is 316 g/mol. The first-order valence-corrected chi connectivity index (χ1v) is 8.38. The molecule has 0 unspecified atom stereocenters. The highest BCUT2D eigenvalue weighted by atomic mass is 16.5. The van der Waals surface area contributed by atoms with Crippen LogP contribution in [0.1, 0.15) is 39.9 Å². The Morgan fingerprint density at radius 1 is 1.16 bits per heavy atom. The van der Waals surface area contributed by atoms with E-state index in [4.69, 9.17) is 9.47 Å². The predicted octanol–water partition coefficient (Wildman–Crippen LogP) is 4.24. The van der Waals surface area contributed by atoms with Crippen LogP contribution in [0.15, 0.2) is 42.2 Å². The number of fused-ring (bicyclic) bond motifs is 1. The topological polar surface area (TPSA) is 52.6 Å². The van der Waals surface area contributed by atoms with Gasteiger partial charge in [0.2, 0.25) is 5.78 Å². The molecule has 0 saturated heterocycles. The van der Waals surface area contributed by atoms with Gasteiger partial charge < -0.3 is 9.47 Å². The zero-order valence-electron chi connectivity index (χ0n) is 14.2. The minimum Gasteiger partial charge on any atom is -0.452 e. The van der Waals surface area contributed by atoms with Crippen molar-refractivity contribution >= 4 is 17.8 Å². The molecule has 4 rings (SSSR count). The third-order valence-corrected chi connectivity index (χ3v) is 4.45. The summed E-state index contributed by atoms with van der Waals surface area (Å²) in [5.74, 6) is 0.826. The van der Waals surface area contributed by atoms with Crippen LogP contribution in [0.2, 0.25) is 0 Å². The summed E-state index contributed by atoms with van der Waals surface area (Å²) < 4.78 is 11.1. The van der Waals surface area contributed by atoms with Gasteiger partial charge in [-0.25, -0.2) is 0 Å². The number of ketones is 1. The number of esters is 1. The van der Waals surface area contributed by atoms with Crippen molar-refractivity contribution in [1.29, 1.82) is 0 Å². The molecular formula is C21H18O4. The summed E-state index contributed by atoms with van der Waals surface area (Å²) in [6.45, 7) is 3.83. The predicted molar refractivity (Wildman–Crippen MR) is 93.7 cm³/mol. The van der Waals surface area contributed by atoms with Gasteiger partial charge in [-0.15, -0.1) is 0 Å². The summed E-state index contributed by atoms with van der Waals surface area (Å²) in [5, 5.41) is 0. The van der Waals surface area contributed by atoms with Crippen LogP contribution in [0.4, 0.5) is 0 Å². The molecule has 0 spiro atoms. The molecule has 4 nitrogen and oxygen atoms in total. The monoisotopic (exact) mass is 334 g/mol. The highest BCUT2D eigenvalue weighted by Crippen LogP contribution is 2.38. The van der Waals surface area contributed by atoms with Gasteiger partial charge in [-0.3, -0.25) is 9.59 Å². The van der Waals surface area contributed by atoms with Gasteiger partial charge in [0.15, 0.2) is 5.76 Å². The maximum absolute atomic E-state index is 12.6. The Kier molecular flexibility index (Phi) is 3.68. The standard InChI is InChI=1S/C21H18O4/c1-12-3-5-14(6-4-12)10-18-20(22)19-13(2)9-16(11-17(19)25-18)24-21(23)15-7-8-15/h3-6,9-11,15H,7-8H2,1-2H3/b18-10-. The molecule has 0 atom stereocenters. The highest BCUT2D eigenvalue weighted by Gasteiger charge is 2.33. The molecule has 1 heterocycles. The molecule has 1 fully saturated rings. The summed E-state index contributed by atoms with van der Waals surface area (Å²) >= 11 is 0. The minimum atomic E-state index is -0.209. The summed E-state index contributed by atoms with van der Waals surface area (Å²) in [6.07, 6.45) is 3.51. The number of benzene rings is 2. The van der Waals surface area contributed by atoms with E-state index in [2.05, 4.69) is 0 Å². The van der Waals surface area contributed by atoms with Crippen LogP contribution in [0.3, 0.4) is 0 Å². The zero-order valence-corrected chi connectivity index (χ0v) is 14.2. The van der Waals surface area contributed by atoms with Crippen LogP contribution in [0.25, 0.3) is 6.08 Å². The average molecular weight is 334 g/mol. The second-order valence-electron chi connectivity index (χ2n) is 6.66. The lowest BCUT2D eigenvalue weighted by Gasteiger charge is -2.07. The van der Waals surface area contributed by atoms with Gasteiger partial charge in [0.25, 0.3) is 0 Å². The van der Waals surface area contributed by atoms with E-state index in [0.29, 0.717) is 17.1 Å². The molecule has 0 bridgehead atoms. The number of hydrogen-bond donors (Lipinski definition) is 0. The van der Waals surface area contributed by atoms with E-state index >= 15 is 0 Å². The van der Waals surface area contributed by atoms with E-state index in [1.807, 2.05) is 38.1 Å². The van der Waals surface area contributed by atoms with E-state index in [1.165, 1.54) is 0 Å². The molecule has 1 aliphatic heterocycles. The SMILES string of the molecule is Cc1ccc(/C=C2\Oc3cc(OC(=O)C4CC4)cc(C)c3C2=O)cc1. The molecule has 0 amide bonds. The normalized spacial score (nSPS) is 17.4. The molecule has 4 heteroatoms. The number of ether oxygens (including phenoxy) is 2. The maximum atomic E-state index is 12.6. The summed E-state index contributed by atoms with van der Waals surface area (Å²) in [5.41, 5.74) is 3.33. The zero-order chi connectivity index (χ0) is 17.6. The molecule has 2 aromatic rings. The Hall–Kier alpha value is -2.88. The smallest absolute Gasteiger partial charge is 0.314 e. The third-order valence-electron chi connectivity index (χ3n) is 4.45. The van der Waals surface area contributed by atoms with Crippen molar-refractivity contribution < 1.29 is 19.1 Å². The number of aryl methyl sites for hydroxylation is 2. The number of rotatable bonds is 3. The van der Waals surface area contributed by atoms with Crippen molar-refractivity contribution in [2.24, 2.45) is 5.92 Å². The van der Waals surface area contributed by atoms with Gasteiger partial charge in [0.05, 0.1) is 11.5 Å². The Bertz CT molecular complexity index is 902. The first-order chi connectivity index (χ1) is 12.0. The first kappa shape index (κ1) is 15.6. The molecule has 126 valence electrons. The molecule has 0 aromatic heterocycles. The Labute approximate surface area is 146 Å². The Morgan fingerprint density at radius 3 is 2.56 bits per heavy atom. The minimum absolute atomic E-state index is 0.0214. The average Bonchev–Trinajstić information content (AvgIpc) is 3.36. The lowest BCUT2D eigenvalue weighted by molar-refractivity contribution is -0.135. The quantitative estimate of drug-likeness (QED) is 0.479. The van der Waals surface area contributed by atoms with Crippen molar-refractivity contribution in [2.45, 2.75) is 26.7 Å². The van der Waals surface area contributed by atoms with Crippen LogP contribution in [0.5, 0.6) is 11.5 Å². The molecule has 0 N–H and O–H groups in total. The molecule has 25 heavy (non-hydrogen) atoms.